The number of anilines is 1. The summed E-state index contributed by atoms with van der Waals surface area (Å²) < 4.78 is 5.60. The molecule has 0 bridgehead atoms. The standard InChI is InChI=1S/C11H15N3O/c12-10-6-8(9-2-1-5-15-9)13-11(14-10)7-3-4-7/h6-7,9H,1-5H2,(H2,12,13,14). The molecule has 1 atom stereocenters. The van der Waals surface area contributed by atoms with Crippen LogP contribution in [0.5, 0.6) is 0 Å². The minimum absolute atomic E-state index is 0.146. The first-order valence-electron chi connectivity index (χ1n) is 5.59. The average Bonchev–Trinajstić information content (AvgIpc) is 2.93. The van der Waals surface area contributed by atoms with Gasteiger partial charge >= 0.3 is 0 Å². The Morgan fingerprint density at radius 1 is 1.27 bits per heavy atom. The Morgan fingerprint density at radius 2 is 2.13 bits per heavy atom. The quantitative estimate of drug-likeness (QED) is 0.799. The van der Waals surface area contributed by atoms with Crippen LogP contribution in [0.3, 0.4) is 0 Å². The summed E-state index contributed by atoms with van der Waals surface area (Å²) in [5.41, 5.74) is 6.76. The van der Waals surface area contributed by atoms with Crippen molar-refractivity contribution >= 4 is 5.82 Å². The average molecular weight is 205 g/mol. The van der Waals surface area contributed by atoms with Crippen molar-refractivity contribution in [3.05, 3.63) is 17.6 Å². The zero-order valence-electron chi connectivity index (χ0n) is 8.65. The van der Waals surface area contributed by atoms with E-state index in [0.29, 0.717) is 11.7 Å². The van der Waals surface area contributed by atoms with E-state index in [9.17, 15) is 0 Å². The van der Waals surface area contributed by atoms with Gasteiger partial charge in [0, 0.05) is 18.6 Å². The molecule has 0 radical (unpaired) electrons. The molecule has 2 N–H and O–H groups in total. The molecular weight excluding hydrogens is 190 g/mol. The molecule has 0 amide bonds. The fourth-order valence-corrected chi connectivity index (χ4v) is 2.01. The summed E-state index contributed by atoms with van der Waals surface area (Å²) in [5, 5.41) is 0. The van der Waals surface area contributed by atoms with Gasteiger partial charge in [0.1, 0.15) is 11.6 Å². The third-order valence-corrected chi connectivity index (χ3v) is 2.99. The molecule has 1 unspecified atom stereocenters. The van der Waals surface area contributed by atoms with E-state index in [0.717, 1.165) is 31.0 Å². The summed E-state index contributed by atoms with van der Waals surface area (Å²) in [5.74, 6) is 2.05. The summed E-state index contributed by atoms with van der Waals surface area (Å²) >= 11 is 0. The second-order valence-electron chi connectivity index (χ2n) is 4.35. The van der Waals surface area contributed by atoms with Gasteiger partial charge in [-0.2, -0.15) is 0 Å². The molecular formula is C11H15N3O. The molecule has 1 aromatic rings. The molecule has 3 rings (SSSR count). The molecule has 2 aliphatic rings. The highest BCUT2D eigenvalue weighted by atomic mass is 16.5. The Bertz CT molecular complexity index is 370. The van der Waals surface area contributed by atoms with Crippen molar-refractivity contribution in [2.24, 2.45) is 0 Å². The molecule has 80 valence electrons. The van der Waals surface area contributed by atoms with E-state index in [1.54, 1.807) is 0 Å². The van der Waals surface area contributed by atoms with Crippen LogP contribution in [0.1, 0.15) is 49.2 Å². The Balaban J connectivity index is 1.91. The highest BCUT2D eigenvalue weighted by Gasteiger charge is 2.28. The first-order chi connectivity index (χ1) is 7.33. The van der Waals surface area contributed by atoms with Crippen molar-refractivity contribution < 1.29 is 4.74 Å². The number of nitrogen functional groups attached to an aromatic ring is 1. The van der Waals surface area contributed by atoms with E-state index in [4.69, 9.17) is 10.5 Å². The molecule has 1 aliphatic heterocycles. The zero-order chi connectivity index (χ0) is 10.3. The van der Waals surface area contributed by atoms with Gasteiger partial charge in [0.25, 0.3) is 0 Å². The molecule has 1 saturated carbocycles. The molecule has 1 saturated heterocycles. The van der Waals surface area contributed by atoms with Gasteiger partial charge in [-0.25, -0.2) is 9.97 Å². The number of nitrogens with two attached hydrogens (primary N) is 1. The molecule has 1 aliphatic carbocycles. The van der Waals surface area contributed by atoms with Crippen molar-refractivity contribution in [1.82, 2.24) is 9.97 Å². The predicted molar refractivity (Wildman–Crippen MR) is 56.3 cm³/mol. The highest BCUT2D eigenvalue weighted by molar-refractivity contribution is 5.32. The van der Waals surface area contributed by atoms with Crippen LogP contribution >= 0.6 is 0 Å². The lowest BCUT2D eigenvalue weighted by molar-refractivity contribution is 0.108. The highest BCUT2D eigenvalue weighted by Crippen LogP contribution is 2.39. The lowest BCUT2D eigenvalue weighted by Crippen LogP contribution is -2.06. The lowest BCUT2D eigenvalue weighted by Gasteiger charge is -2.10. The predicted octanol–water partition coefficient (Wildman–Crippen LogP) is 1.79. The largest absolute Gasteiger partial charge is 0.384 e. The van der Waals surface area contributed by atoms with Crippen molar-refractivity contribution in [1.29, 1.82) is 0 Å². The van der Waals surface area contributed by atoms with Crippen LogP contribution in [-0.4, -0.2) is 16.6 Å². The minimum Gasteiger partial charge on any atom is -0.384 e. The fourth-order valence-electron chi connectivity index (χ4n) is 2.01. The molecule has 2 fully saturated rings. The van der Waals surface area contributed by atoms with E-state index in [1.807, 2.05) is 6.07 Å². The summed E-state index contributed by atoms with van der Waals surface area (Å²) in [7, 11) is 0. The second kappa shape index (κ2) is 3.45. The first-order valence-corrected chi connectivity index (χ1v) is 5.59. The summed E-state index contributed by atoms with van der Waals surface area (Å²) in [6.07, 6.45) is 4.73. The minimum atomic E-state index is 0.146. The van der Waals surface area contributed by atoms with Gasteiger partial charge in [-0.1, -0.05) is 0 Å². The fraction of sp³-hybridized carbons (Fsp3) is 0.636. The maximum Gasteiger partial charge on any atom is 0.134 e. The van der Waals surface area contributed by atoms with E-state index < -0.39 is 0 Å². The molecule has 0 spiro atoms. The van der Waals surface area contributed by atoms with Crippen LogP contribution in [-0.2, 0) is 4.74 Å². The maximum absolute atomic E-state index is 5.79. The molecule has 4 heteroatoms. The van der Waals surface area contributed by atoms with Gasteiger partial charge in [0.15, 0.2) is 0 Å². The van der Waals surface area contributed by atoms with Crippen LogP contribution in [0.2, 0.25) is 0 Å². The van der Waals surface area contributed by atoms with Crippen LogP contribution in [0.4, 0.5) is 5.82 Å². The van der Waals surface area contributed by atoms with E-state index in [-0.39, 0.29) is 6.10 Å². The molecule has 0 aromatic carbocycles. The Hall–Kier alpha value is -1.16. The molecule has 1 aromatic heterocycles. The Kier molecular flexibility index (Phi) is 2.09. The zero-order valence-corrected chi connectivity index (χ0v) is 8.65. The number of hydrogen-bond donors (Lipinski definition) is 1. The molecule has 2 heterocycles. The Labute approximate surface area is 88.9 Å². The number of aromatic nitrogens is 2. The lowest BCUT2D eigenvalue weighted by atomic mass is 10.1. The van der Waals surface area contributed by atoms with Gasteiger partial charge in [0.05, 0.1) is 11.8 Å². The number of ether oxygens (including phenoxy) is 1. The SMILES string of the molecule is Nc1cc(C2CCCO2)nc(C2CC2)n1. The Morgan fingerprint density at radius 3 is 2.80 bits per heavy atom. The van der Waals surface area contributed by atoms with Crippen molar-refractivity contribution in [2.75, 3.05) is 12.3 Å². The number of nitrogens with zero attached hydrogens (tertiary/aromatic N) is 2. The first kappa shape index (κ1) is 9.09. The third kappa shape index (κ3) is 1.81. The normalized spacial score (nSPS) is 25.7. The van der Waals surface area contributed by atoms with Crippen LogP contribution in [0.15, 0.2) is 6.07 Å². The van der Waals surface area contributed by atoms with Crippen LogP contribution < -0.4 is 5.73 Å². The van der Waals surface area contributed by atoms with Crippen LogP contribution in [0, 0.1) is 0 Å². The molecule has 15 heavy (non-hydrogen) atoms. The van der Waals surface area contributed by atoms with Crippen molar-refractivity contribution in [3.63, 3.8) is 0 Å². The second-order valence-corrected chi connectivity index (χ2v) is 4.35. The van der Waals surface area contributed by atoms with Gasteiger partial charge in [0.2, 0.25) is 0 Å². The van der Waals surface area contributed by atoms with Crippen molar-refractivity contribution in [2.45, 2.75) is 37.7 Å². The summed E-state index contributed by atoms with van der Waals surface area (Å²) in [4.78, 5) is 8.84. The van der Waals surface area contributed by atoms with Crippen molar-refractivity contribution in [3.8, 4) is 0 Å². The number of rotatable bonds is 2. The van der Waals surface area contributed by atoms with Gasteiger partial charge < -0.3 is 10.5 Å². The van der Waals surface area contributed by atoms with E-state index in [1.165, 1.54) is 12.8 Å². The topological polar surface area (TPSA) is 61.0 Å². The number of hydrogen-bond acceptors (Lipinski definition) is 4. The third-order valence-electron chi connectivity index (χ3n) is 2.99. The van der Waals surface area contributed by atoms with Gasteiger partial charge in [-0.3, -0.25) is 0 Å². The van der Waals surface area contributed by atoms with Gasteiger partial charge in [-0.05, 0) is 25.7 Å². The summed E-state index contributed by atoms with van der Waals surface area (Å²) in [6, 6.07) is 1.85. The maximum atomic E-state index is 5.79. The van der Waals surface area contributed by atoms with Crippen LogP contribution in [0.25, 0.3) is 0 Å². The monoisotopic (exact) mass is 205 g/mol. The smallest absolute Gasteiger partial charge is 0.134 e. The summed E-state index contributed by atoms with van der Waals surface area (Å²) in [6.45, 7) is 0.841. The van der Waals surface area contributed by atoms with Gasteiger partial charge in [-0.15, -0.1) is 0 Å². The van der Waals surface area contributed by atoms with E-state index in [2.05, 4.69) is 9.97 Å². The molecule has 4 nitrogen and oxygen atoms in total. The van der Waals surface area contributed by atoms with E-state index >= 15 is 0 Å².